The van der Waals surface area contributed by atoms with E-state index in [4.69, 9.17) is 14.2 Å². The van der Waals surface area contributed by atoms with Gasteiger partial charge in [0.05, 0.1) is 0 Å². The number of hydrogen-bond acceptors (Lipinski definition) is 6. The number of unbranched alkanes of at least 4 members (excludes halogenated alkanes) is 30. The van der Waals surface area contributed by atoms with Crippen molar-refractivity contribution in [2.45, 2.75) is 290 Å². The van der Waals surface area contributed by atoms with Crippen LogP contribution in [0.4, 0.5) is 0 Å². The molecule has 1 unspecified atom stereocenters. The van der Waals surface area contributed by atoms with E-state index in [1.54, 1.807) is 0 Å². The lowest BCUT2D eigenvalue weighted by Gasteiger charge is -2.18. The summed E-state index contributed by atoms with van der Waals surface area (Å²) in [5.41, 5.74) is 0. The van der Waals surface area contributed by atoms with Gasteiger partial charge in [0.2, 0.25) is 0 Å². The van der Waals surface area contributed by atoms with Gasteiger partial charge in [-0.1, -0.05) is 242 Å². The Bertz CT molecular complexity index is 1200. The first-order valence-electron chi connectivity index (χ1n) is 28.3. The van der Waals surface area contributed by atoms with Crippen LogP contribution in [0, 0.1) is 0 Å². The lowest BCUT2D eigenvalue weighted by molar-refractivity contribution is -0.167. The van der Waals surface area contributed by atoms with Gasteiger partial charge in [-0.15, -0.1) is 0 Å². The second kappa shape index (κ2) is 54.7. The molecule has 0 aromatic carbocycles. The van der Waals surface area contributed by atoms with Crippen molar-refractivity contribution in [3.8, 4) is 0 Å². The van der Waals surface area contributed by atoms with E-state index >= 15 is 0 Å². The lowest BCUT2D eigenvalue weighted by atomic mass is 10.0. The van der Waals surface area contributed by atoms with Crippen LogP contribution in [0.2, 0.25) is 0 Å². The van der Waals surface area contributed by atoms with Gasteiger partial charge < -0.3 is 14.2 Å². The zero-order valence-corrected chi connectivity index (χ0v) is 43.7. The molecule has 0 bridgehead atoms. The van der Waals surface area contributed by atoms with Gasteiger partial charge in [0, 0.05) is 19.3 Å². The van der Waals surface area contributed by atoms with Crippen molar-refractivity contribution >= 4 is 17.9 Å². The third-order valence-corrected chi connectivity index (χ3v) is 12.3. The van der Waals surface area contributed by atoms with Crippen LogP contribution in [0.15, 0.2) is 60.8 Å². The molecular weight excluding hydrogens is 817 g/mol. The Labute approximate surface area is 409 Å². The molecule has 0 aliphatic carbocycles. The highest BCUT2D eigenvalue weighted by Crippen LogP contribution is 2.16. The number of esters is 3. The first-order chi connectivity index (χ1) is 32.5. The van der Waals surface area contributed by atoms with Crippen LogP contribution in [0.5, 0.6) is 0 Å². The number of hydrogen-bond donors (Lipinski definition) is 0. The number of rotatable bonds is 51. The molecule has 6 nitrogen and oxygen atoms in total. The van der Waals surface area contributed by atoms with E-state index in [9.17, 15) is 14.4 Å². The Hall–Kier alpha value is -2.89. The summed E-state index contributed by atoms with van der Waals surface area (Å²) in [5.74, 6) is -0.899. The molecule has 66 heavy (non-hydrogen) atoms. The van der Waals surface area contributed by atoms with E-state index in [2.05, 4.69) is 81.5 Å². The fourth-order valence-electron chi connectivity index (χ4n) is 8.02. The van der Waals surface area contributed by atoms with Gasteiger partial charge in [-0.3, -0.25) is 14.4 Å². The van der Waals surface area contributed by atoms with Crippen molar-refractivity contribution in [2.24, 2.45) is 0 Å². The highest BCUT2D eigenvalue weighted by atomic mass is 16.6. The minimum atomic E-state index is -0.785. The molecule has 0 N–H and O–H groups in total. The molecule has 382 valence electrons. The van der Waals surface area contributed by atoms with Crippen LogP contribution in [-0.2, 0) is 28.6 Å². The summed E-state index contributed by atoms with van der Waals surface area (Å²) in [6.07, 6.45) is 67.7. The number of carbonyl (C=O) groups is 3. The number of carbonyl (C=O) groups excluding carboxylic acids is 3. The molecule has 0 fully saturated rings. The summed E-state index contributed by atoms with van der Waals surface area (Å²) < 4.78 is 16.8. The van der Waals surface area contributed by atoms with Crippen LogP contribution in [-0.4, -0.2) is 37.2 Å². The van der Waals surface area contributed by atoms with E-state index in [0.29, 0.717) is 19.3 Å². The van der Waals surface area contributed by atoms with Crippen LogP contribution in [0.3, 0.4) is 0 Å². The van der Waals surface area contributed by atoms with Crippen LogP contribution >= 0.6 is 0 Å². The Morgan fingerprint density at radius 1 is 0.318 bits per heavy atom. The van der Waals surface area contributed by atoms with E-state index in [-0.39, 0.29) is 31.1 Å². The van der Waals surface area contributed by atoms with Gasteiger partial charge in [0.15, 0.2) is 6.10 Å². The Balaban J connectivity index is 4.41. The summed E-state index contributed by atoms with van der Waals surface area (Å²) in [5, 5.41) is 0. The smallest absolute Gasteiger partial charge is 0.306 e. The SMILES string of the molecule is CC/C=C\C/C=C\C/C=C\C/C=C\CCCCCCC(=O)OCC(COC(=O)CCCCCCCCCCCCCCCC)OC(=O)CCCCCCCCC/C=C\CCCCCCCC. The van der Waals surface area contributed by atoms with Crippen LogP contribution < -0.4 is 0 Å². The normalized spacial score (nSPS) is 12.5. The lowest BCUT2D eigenvalue weighted by Crippen LogP contribution is -2.30. The molecule has 0 aromatic rings. The Morgan fingerprint density at radius 3 is 0.939 bits per heavy atom. The van der Waals surface area contributed by atoms with E-state index in [0.717, 1.165) is 96.3 Å². The van der Waals surface area contributed by atoms with Gasteiger partial charge in [-0.05, 0) is 83.5 Å². The van der Waals surface area contributed by atoms with E-state index in [1.165, 1.54) is 148 Å². The third kappa shape index (κ3) is 52.1. The Kier molecular flexibility index (Phi) is 52.3. The van der Waals surface area contributed by atoms with Gasteiger partial charge in [0.25, 0.3) is 0 Å². The zero-order valence-electron chi connectivity index (χ0n) is 43.7. The minimum absolute atomic E-state index is 0.0814. The first kappa shape index (κ1) is 63.1. The highest BCUT2D eigenvalue weighted by Gasteiger charge is 2.19. The molecule has 0 saturated heterocycles. The predicted molar refractivity (Wildman–Crippen MR) is 284 cm³/mol. The maximum atomic E-state index is 12.8. The van der Waals surface area contributed by atoms with Crippen LogP contribution in [0.1, 0.15) is 284 Å². The molecule has 0 radical (unpaired) electrons. The van der Waals surface area contributed by atoms with Crippen molar-refractivity contribution in [3.63, 3.8) is 0 Å². The maximum absolute atomic E-state index is 12.8. The molecule has 0 aromatic heterocycles. The highest BCUT2D eigenvalue weighted by molar-refractivity contribution is 5.71. The summed E-state index contributed by atoms with van der Waals surface area (Å²) in [4.78, 5) is 38.1. The fraction of sp³-hybridized carbons (Fsp3) is 0.783. The molecule has 0 aliphatic heterocycles. The predicted octanol–water partition coefficient (Wildman–Crippen LogP) is 18.8. The van der Waals surface area contributed by atoms with Crippen molar-refractivity contribution in [1.29, 1.82) is 0 Å². The van der Waals surface area contributed by atoms with Crippen molar-refractivity contribution in [1.82, 2.24) is 0 Å². The summed E-state index contributed by atoms with van der Waals surface area (Å²) in [7, 11) is 0. The Morgan fingerprint density at radius 2 is 0.591 bits per heavy atom. The maximum Gasteiger partial charge on any atom is 0.306 e. The van der Waals surface area contributed by atoms with Crippen molar-refractivity contribution in [2.75, 3.05) is 13.2 Å². The van der Waals surface area contributed by atoms with Crippen LogP contribution in [0.25, 0.3) is 0 Å². The molecule has 1 atom stereocenters. The first-order valence-corrected chi connectivity index (χ1v) is 28.3. The molecule has 0 rings (SSSR count). The summed E-state index contributed by atoms with van der Waals surface area (Å²) in [6.45, 7) is 6.52. The molecule has 0 amide bonds. The van der Waals surface area contributed by atoms with Gasteiger partial charge in [-0.2, -0.15) is 0 Å². The fourth-order valence-corrected chi connectivity index (χ4v) is 8.02. The summed E-state index contributed by atoms with van der Waals surface area (Å²) in [6, 6.07) is 0. The number of ether oxygens (including phenoxy) is 3. The van der Waals surface area contributed by atoms with E-state index in [1.807, 2.05) is 0 Å². The average Bonchev–Trinajstić information content (AvgIpc) is 3.31. The largest absolute Gasteiger partial charge is 0.462 e. The monoisotopic (exact) mass is 923 g/mol. The topological polar surface area (TPSA) is 78.9 Å². The molecule has 0 spiro atoms. The zero-order chi connectivity index (χ0) is 47.9. The van der Waals surface area contributed by atoms with E-state index < -0.39 is 6.10 Å². The number of allylic oxidation sites excluding steroid dienone is 10. The molecule has 0 saturated carbocycles. The average molecular weight is 924 g/mol. The molecular formula is C60H106O6. The molecule has 0 heterocycles. The van der Waals surface area contributed by atoms with Gasteiger partial charge in [-0.25, -0.2) is 0 Å². The standard InChI is InChI=1S/C60H106O6/c1-4-7-10-13-16-19-22-25-28-30-32-35-38-41-44-47-50-53-59(62)65-56-57(55-64-58(61)52-49-46-43-40-37-34-27-24-21-18-15-12-9-6-3)66-60(63)54-51-48-45-42-39-36-33-31-29-26-23-20-17-14-11-8-5-2/h7,10,16,19,25-26,28-29,32,35,57H,4-6,8-9,11-15,17-18,20-24,27,30-31,33-34,36-56H2,1-3H3/b10-7-,19-16-,28-25-,29-26-,35-32-. The van der Waals surface area contributed by atoms with Gasteiger partial charge in [0.1, 0.15) is 13.2 Å². The second-order valence-corrected chi connectivity index (χ2v) is 18.8. The molecule has 6 heteroatoms. The van der Waals surface area contributed by atoms with Crippen molar-refractivity contribution < 1.29 is 28.6 Å². The quantitative estimate of drug-likeness (QED) is 0.0262. The minimum Gasteiger partial charge on any atom is -0.462 e. The summed E-state index contributed by atoms with van der Waals surface area (Å²) >= 11 is 0. The third-order valence-electron chi connectivity index (χ3n) is 12.3. The second-order valence-electron chi connectivity index (χ2n) is 18.8. The molecule has 0 aliphatic rings. The van der Waals surface area contributed by atoms with Crippen molar-refractivity contribution in [3.05, 3.63) is 60.8 Å². The van der Waals surface area contributed by atoms with Gasteiger partial charge >= 0.3 is 17.9 Å².